The summed E-state index contributed by atoms with van der Waals surface area (Å²) in [5.74, 6) is 0.661. The van der Waals surface area contributed by atoms with Crippen LogP contribution in [0.3, 0.4) is 0 Å². The van der Waals surface area contributed by atoms with Crippen molar-refractivity contribution >= 4 is 17.7 Å². The van der Waals surface area contributed by atoms with E-state index in [1.807, 2.05) is 0 Å². The summed E-state index contributed by atoms with van der Waals surface area (Å²) in [6.45, 7) is 11.9. The Morgan fingerprint density at radius 2 is 1.38 bits per heavy atom. The van der Waals surface area contributed by atoms with Gasteiger partial charge in [-0.3, -0.25) is 0 Å². The van der Waals surface area contributed by atoms with Gasteiger partial charge in [0.2, 0.25) is 0 Å². The van der Waals surface area contributed by atoms with Crippen LogP contribution in [0.1, 0.15) is 40.2 Å². The Balaban J connectivity index is 2.11. The van der Waals surface area contributed by atoms with Gasteiger partial charge in [0.15, 0.2) is 0 Å². The first-order valence-electron chi connectivity index (χ1n) is 11.2. The van der Waals surface area contributed by atoms with Gasteiger partial charge >= 0.3 is 180 Å². The van der Waals surface area contributed by atoms with Crippen LogP contribution in [-0.4, -0.2) is 18.3 Å². The molecule has 1 heterocycles. The summed E-state index contributed by atoms with van der Waals surface area (Å²) in [6.07, 6.45) is 3.33. The number of aromatic nitrogens is 1. The Morgan fingerprint density at radius 3 is 2.00 bits per heavy atom. The fourth-order valence-corrected chi connectivity index (χ4v) is 12.8. The maximum absolute atomic E-state index is 4.94. The van der Waals surface area contributed by atoms with Crippen molar-refractivity contribution in [2.24, 2.45) is 5.92 Å². The summed E-state index contributed by atoms with van der Waals surface area (Å²) in [6, 6.07) is 22.0. The number of benzene rings is 2. The van der Waals surface area contributed by atoms with E-state index in [2.05, 4.69) is 101 Å². The van der Waals surface area contributed by atoms with Crippen LogP contribution in [0.4, 0.5) is 0 Å². The van der Waals surface area contributed by atoms with E-state index in [0.29, 0.717) is 5.92 Å². The zero-order valence-corrected chi connectivity index (χ0v) is 20.8. The van der Waals surface area contributed by atoms with Crippen LogP contribution in [0.5, 0.6) is 0 Å². The molecule has 0 atom stereocenters. The summed E-state index contributed by atoms with van der Waals surface area (Å²) in [4.78, 5) is 4.94. The summed E-state index contributed by atoms with van der Waals surface area (Å²) >= 11 is -2.09. The van der Waals surface area contributed by atoms with Crippen molar-refractivity contribution < 1.29 is 0 Å². The standard InChI is InChI=1S/C27H35GeN/c1-6-28(7-2,8-3)26-19-27(29-20-25(26)17-21(4)5)24-16-12-15-23(18-24)22-13-10-9-11-14-22/h9-16,18-21H,6-8,17H2,1-5H3. The predicted molar refractivity (Wildman–Crippen MR) is 130 cm³/mol. The summed E-state index contributed by atoms with van der Waals surface area (Å²) in [7, 11) is 0. The van der Waals surface area contributed by atoms with Crippen LogP contribution in [0, 0.1) is 5.92 Å². The number of pyridine rings is 1. The van der Waals surface area contributed by atoms with Crippen LogP contribution in [0.15, 0.2) is 66.9 Å². The Labute approximate surface area is 180 Å². The Kier molecular flexibility index (Phi) is 7.35. The van der Waals surface area contributed by atoms with Gasteiger partial charge in [-0.15, -0.1) is 0 Å². The Morgan fingerprint density at radius 1 is 0.759 bits per heavy atom. The summed E-state index contributed by atoms with van der Waals surface area (Å²) in [5, 5.41) is 4.06. The van der Waals surface area contributed by atoms with E-state index in [9.17, 15) is 0 Å². The van der Waals surface area contributed by atoms with Crippen LogP contribution in [-0.2, 0) is 6.42 Å². The second kappa shape index (κ2) is 9.76. The van der Waals surface area contributed by atoms with E-state index in [-0.39, 0.29) is 0 Å². The second-order valence-electron chi connectivity index (χ2n) is 8.61. The zero-order chi connectivity index (χ0) is 20.9. The molecule has 0 saturated heterocycles. The van der Waals surface area contributed by atoms with Gasteiger partial charge in [0, 0.05) is 0 Å². The molecule has 0 spiro atoms. The molecule has 152 valence electrons. The first-order chi connectivity index (χ1) is 14.0. The molecule has 29 heavy (non-hydrogen) atoms. The second-order valence-corrected chi connectivity index (χ2v) is 19.6. The fourth-order valence-electron chi connectivity index (χ4n) is 4.55. The van der Waals surface area contributed by atoms with Crippen molar-refractivity contribution in [1.29, 1.82) is 0 Å². The third-order valence-electron chi connectivity index (χ3n) is 6.48. The first kappa shape index (κ1) is 21.8. The van der Waals surface area contributed by atoms with E-state index in [4.69, 9.17) is 4.98 Å². The molecule has 0 aliphatic heterocycles. The third kappa shape index (κ3) is 4.83. The molecule has 2 aromatic carbocycles. The summed E-state index contributed by atoms with van der Waals surface area (Å²) in [5.41, 5.74) is 6.38. The molecule has 0 radical (unpaired) electrons. The quantitative estimate of drug-likeness (QED) is 0.330. The fraction of sp³-hybridized carbons (Fsp3) is 0.370. The molecule has 0 amide bonds. The zero-order valence-electron chi connectivity index (χ0n) is 18.7. The number of nitrogens with zero attached hydrogens (tertiary/aromatic N) is 1. The summed E-state index contributed by atoms with van der Waals surface area (Å²) < 4.78 is 1.70. The average molecular weight is 446 g/mol. The molecule has 1 aromatic heterocycles. The van der Waals surface area contributed by atoms with Gasteiger partial charge in [0.1, 0.15) is 0 Å². The topological polar surface area (TPSA) is 12.9 Å². The minimum atomic E-state index is -2.09. The predicted octanol–water partition coefficient (Wildman–Crippen LogP) is 7.33. The average Bonchev–Trinajstić information content (AvgIpc) is 2.76. The van der Waals surface area contributed by atoms with Crippen molar-refractivity contribution in [2.75, 3.05) is 0 Å². The molecule has 0 aliphatic rings. The maximum atomic E-state index is 4.94. The Hall–Kier alpha value is -1.87. The van der Waals surface area contributed by atoms with Crippen molar-refractivity contribution in [1.82, 2.24) is 4.98 Å². The number of hydrogen-bond donors (Lipinski definition) is 0. The van der Waals surface area contributed by atoms with Crippen molar-refractivity contribution in [2.45, 2.75) is 56.8 Å². The SMILES string of the molecule is C[CH2][Ge]([CH2]C)([CH2]C)[c]1cc(-c2cccc(-c3ccccc3)c2)ncc1CC(C)C. The molecule has 3 rings (SSSR count). The van der Waals surface area contributed by atoms with Gasteiger partial charge < -0.3 is 0 Å². The Bertz CT molecular complexity index is 918. The van der Waals surface area contributed by atoms with Gasteiger partial charge in [0.25, 0.3) is 0 Å². The molecular weight excluding hydrogens is 411 g/mol. The van der Waals surface area contributed by atoms with Gasteiger partial charge in [-0.05, 0) is 0 Å². The first-order valence-corrected chi connectivity index (χ1v) is 16.7. The van der Waals surface area contributed by atoms with Crippen molar-refractivity contribution in [3.8, 4) is 22.4 Å². The van der Waals surface area contributed by atoms with E-state index >= 15 is 0 Å². The van der Waals surface area contributed by atoms with Gasteiger partial charge in [-0.2, -0.15) is 0 Å². The van der Waals surface area contributed by atoms with Gasteiger partial charge in [-0.1, -0.05) is 0 Å². The number of rotatable bonds is 8. The molecule has 0 unspecified atom stereocenters. The molecule has 2 heteroatoms. The van der Waals surface area contributed by atoms with E-state index in [0.717, 1.165) is 12.1 Å². The molecule has 0 fully saturated rings. The number of hydrogen-bond acceptors (Lipinski definition) is 1. The van der Waals surface area contributed by atoms with Crippen molar-refractivity contribution in [3.05, 3.63) is 72.4 Å². The van der Waals surface area contributed by atoms with Crippen LogP contribution in [0.2, 0.25) is 15.8 Å². The molecule has 0 saturated carbocycles. The van der Waals surface area contributed by atoms with Gasteiger partial charge in [-0.25, -0.2) is 0 Å². The van der Waals surface area contributed by atoms with E-state index in [1.54, 1.807) is 4.40 Å². The minimum absolute atomic E-state index is 0.661. The molecular formula is C27H35GeN. The van der Waals surface area contributed by atoms with Crippen LogP contribution >= 0.6 is 0 Å². The third-order valence-corrected chi connectivity index (χ3v) is 18.4. The van der Waals surface area contributed by atoms with E-state index in [1.165, 1.54) is 38.0 Å². The van der Waals surface area contributed by atoms with Crippen LogP contribution in [0.25, 0.3) is 22.4 Å². The van der Waals surface area contributed by atoms with E-state index < -0.39 is 13.3 Å². The monoisotopic (exact) mass is 447 g/mol. The molecule has 1 nitrogen and oxygen atoms in total. The molecule has 0 aliphatic carbocycles. The molecule has 0 bridgehead atoms. The molecule has 3 aromatic rings. The molecule has 0 N–H and O–H groups in total. The van der Waals surface area contributed by atoms with Crippen LogP contribution < -0.4 is 4.40 Å². The van der Waals surface area contributed by atoms with Gasteiger partial charge in [0.05, 0.1) is 0 Å². The van der Waals surface area contributed by atoms with Crippen molar-refractivity contribution in [3.63, 3.8) is 0 Å². The normalized spacial score (nSPS) is 11.8.